The lowest BCUT2D eigenvalue weighted by Crippen LogP contribution is -2.52. The molecule has 1 aromatic rings. The molecule has 0 aliphatic carbocycles. The largest absolute Gasteiger partial charge is 0.314 e. The van der Waals surface area contributed by atoms with E-state index in [2.05, 4.69) is 54.4 Å². The molecule has 1 aliphatic rings. The number of benzene rings is 1. The maximum absolute atomic E-state index is 3.53. The summed E-state index contributed by atoms with van der Waals surface area (Å²) in [6, 6.07) is 11.5. The maximum atomic E-state index is 3.53. The van der Waals surface area contributed by atoms with Crippen molar-refractivity contribution in [1.82, 2.24) is 10.2 Å². The molecule has 0 amide bonds. The van der Waals surface area contributed by atoms with Gasteiger partial charge in [0, 0.05) is 25.7 Å². The lowest BCUT2D eigenvalue weighted by molar-refractivity contribution is 0.152. The molecule has 2 heteroatoms. The predicted octanol–water partition coefficient (Wildman–Crippen LogP) is 2.55. The zero-order valence-corrected chi connectivity index (χ0v) is 11.7. The van der Waals surface area contributed by atoms with Crippen molar-refractivity contribution in [1.29, 1.82) is 0 Å². The highest BCUT2D eigenvalue weighted by Crippen LogP contribution is 2.13. The summed E-state index contributed by atoms with van der Waals surface area (Å²) in [5, 5.41) is 3.53. The molecule has 1 aliphatic heterocycles. The molecule has 18 heavy (non-hydrogen) atoms. The number of nitrogens with zero attached hydrogens (tertiary/aromatic N) is 1. The molecule has 0 aromatic heterocycles. The monoisotopic (exact) mass is 246 g/mol. The van der Waals surface area contributed by atoms with Gasteiger partial charge < -0.3 is 5.32 Å². The van der Waals surface area contributed by atoms with E-state index in [1.54, 1.807) is 0 Å². The molecule has 1 fully saturated rings. The highest BCUT2D eigenvalue weighted by molar-refractivity contribution is 5.16. The van der Waals surface area contributed by atoms with Crippen molar-refractivity contribution in [2.45, 2.75) is 32.7 Å². The second kappa shape index (κ2) is 6.91. The first kappa shape index (κ1) is 13.6. The van der Waals surface area contributed by atoms with Gasteiger partial charge in [-0.15, -0.1) is 0 Å². The molecular weight excluding hydrogens is 220 g/mol. The molecule has 0 bridgehead atoms. The van der Waals surface area contributed by atoms with Crippen LogP contribution in [0.4, 0.5) is 0 Å². The van der Waals surface area contributed by atoms with E-state index in [-0.39, 0.29) is 0 Å². The van der Waals surface area contributed by atoms with Gasteiger partial charge in [0.25, 0.3) is 0 Å². The van der Waals surface area contributed by atoms with Gasteiger partial charge in [0.15, 0.2) is 0 Å². The Kier molecular flexibility index (Phi) is 5.21. The van der Waals surface area contributed by atoms with Crippen molar-refractivity contribution in [2.75, 3.05) is 26.2 Å². The quantitative estimate of drug-likeness (QED) is 0.859. The molecule has 0 radical (unpaired) electrons. The molecule has 1 heterocycles. The van der Waals surface area contributed by atoms with Gasteiger partial charge in [0.05, 0.1) is 0 Å². The minimum atomic E-state index is 0.667. The summed E-state index contributed by atoms with van der Waals surface area (Å²) in [5.74, 6) is 0.803. The minimum absolute atomic E-state index is 0.667. The Hall–Kier alpha value is -0.860. The number of rotatable bonds is 5. The Bertz CT molecular complexity index is 334. The highest BCUT2D eigenvalue weighted by atomic mass is 15.2. The van der Waals surface area contributed by atoms with Crippen molar-refractivity contribution in [3.63, 3.8) is 0 Å². The summed E-state index contributed by atoms with van der Waals surface area (Å²) in [5.41, 5.74) is 1.46. The van der Waals surface area contributed by atoms with Gasteiger partial charge >= 0.3 is 0 Å². The number of piperazine rings is 1. The van der Waals surface area contributed by atoms with Gasteiger partial charge in [-0.2, -0.15) is 0 Å². The molecule has 100 valence electrons. The van der Waals surface area contributed by atoms with E-state index in [9.17, 15) is 0 Å². The second-order valence-corrected chi connectivity index (χ2v) is 5.77. The molecule has 0 spiro atoms. The van der Waals surface area contributed by atoms with Crippen LogP contribution in [-0.4, -0.2) is 37.1 Å². The number of nitrogens with one attached hydrogen (secondary N) is 1. The van der Waals surface area contributed by atoms with Gasteiger partial charge in [-0.3, -0.25) is 4.90 Å². The summed E-state index contributed by atoms with van der Waals surface area (Å²) in [6.07, 6.45) is 2.48. The van der Waals surface area contributed by atoms with Gasteiger partial charge in [-0.1, -0.05) is 44.2 Å². The molecule has 1 unspecified atom stereocenters. The smallest absolute Gasteiger partial charge is 0.0261 e. The van der Waals surface area contributed by atoms with Crippen LogP contribution in [-0.2, 0) is 6.42 Å². The van der Waals surface area contributed by atoms with Gasteiger partial charge in [-0.05, 0) is 30.9 Å². The first-order valence-corrected chi connectivity index (χ1v) is 7.24. The molecule has 0 saturated carbocycles. The van der Waals surface area contributed by atoms with E-state index in [1.165, 1.54) is 31.5 Å². The maximum Gasteiger partial charge on any atom is 0.0261 e. The van der Waals surface area contributed by atoms with Crippen LogP contribution in [0.1, 0.15) is 25.8 Å². The minimum Gasteiger partial charge on any atom is -0.314 e. The Morgan fingerprint density at radius 2 is 2.06 bits per heavy atom. The van der Waals surface area contributed by atoms with E-state index >= 15 is 0 Å². The summed E-state index contributed by atoms with van der Waals surface area (Å²) < 4.78 is 0. The van der Waals surface area contributed by atoms with Crippen LogP contribution in [0.2, 0.25) is 0 Å². The highest BCUT2D eigenvalue weighted by Gasteiger charge is 2.21. The molecule has 2 nitrogen and oxygen atoms in total. The van der Waals surface area contributed by atoms with Crippen molar-refractivity contribution in [2.24, 2.45) is 5.92 Å². The Morgan fingerprint density at radius 1 is 1.28 bits per heavy atom. The Balaban J connectivity index is 1.91. The summed E-state index contributed by atoms with van der Waals surface area (Å²) >= 11 is 0. The fourth-order valence-electron chi connectivity index (χ4n) is 2.61. The van der Waals surface area contributed by atoms with E-state index in [1.807, 2.05) is 0 Å². The molecule has 1 aromatic carbocycles. The van der Waals surface area contributed by atoms with Crippen LogP contribution in [0.15, 0.2) is 30.3 Å². The van der Waals surface area contributed by atoms with Crippen molar-refractivity contribution in [3.05, 3.63) is 35.9 Å². The van der Waals surface area contributed by atoms with Crippen LogP contribution < -0.4 is 5.32 Å². The topological polar surface area (TPSA) is 15.3 Å². The van der Waals surface area contributed by atoms with Crippen LogP contribution in [0.3, 0.4) is 0 Å². The van der Waals surface area contributed by atoms with E-state index < -0.39 is 0 Å². The van der Waals surface area contributed by atoms with Crippen molar-refractivity contribution >= 4 is 0 Å². The predicted molar refractivity (Wildman–Crippen MR) is 77.8 cm³/mol. The fourth-order valence-corrected chi connectivity index (χ4v) is 2.61. The molecule has 1 atom stereocenters. The van der Waals surface area contributed by atoms with Gasteiger partial charge in [-0.25, -0.2) is 0 Å². The van der Waals surface area contributed by atoms with Crippen molar-refractivity contribution in [3.8, 4) is 0 Å². The average Bonchev–Trinajstić information content (AvgIpc) is 2.39. The molecule has 1 saturated heterocycles. The Morgan fingerprint density at radius 3 is 2.78 bits per heavy atom. The fraction of sp³-hybridized carbons (Fsp3) is 0.625. The number of hydrogen-bond acceptors (Lipinski definition) is 2. The average molecular weight is 246 g/mol. The van der Waals surface area contributed by atoms with Crippen LogP contribution in [0, 0.1) is 5.92 Å². The first-order valence-electron chi connectivity index (χ1n) is 7.24. The first-order chi connectivity index (χ1) is 8.75. The second-order valence-electron chi connectivity index (χ2n) is 5.77. The van der Waals surface area contributed by atoms with Crippen LogP contribution in [0.25, 0.3) is 0 Å². The summed E-state index contributed by atoms with van der Waals surface area (Å²) in [6.45, 7) is 9.35. The third-order valence-electron chi connectivity index (χ3n) is 3.78. The van der Waals surface area contributed by atoms with Crippen molar-refractivity contribution < 1.29 is 0 Å². The Labute approximate surface area is 111 Å². The lowest BCUT2D eigenvalue weighted by Gasteiger charge is -2.36. The summed E-state index contributed by atoms with van der Waals surface area (Å²) in [7, 11) is 0. The number of hydrogen-bond donors (Lipinski definition) is 1. The molecular formula is C16H26N2. The third-order valence-corrected chi connectivity index (χ3v) is 3.78. The normalized spacial score (nSPS) is 21.4. The van der Waals surface area contributed by atoms with E-state index in [4.69, 9.17) is 0 Å². The zero-order valence-electron chi connectivity index (χ0n) is 11.7. The van der Waals surface area contributed by atoms with E-state index in [0.29, 0.717) is 6.04 Å². The SMILES string of the molecule is CC(C)CCN1CCNCC1Cc1ccccc1. The summed E-state index contributed by atoms with van der Waals surface area (Å²) in [4.78, 5) is 2.67. The molecule has 2 rings (SSSR count). The lowest BCUT2D eigenvalue weighted by atomic mass is 10.0. The standard InChI is InChI=1S/C16H26N2/c1-14(2)8-10-18-11-9-17-13-16(18)12-15-6-4-3-5-7-15/h3-7,14,16-17H,8-13H2,1-2H3. The molecule has 1 N–H and O–H groups in total. The van der Waals surface area contributed by atoms with E-state index in [0.717, 1.165) is 19.0 Å². The van der Waals surface area contributed by atoms with Gasteiger partial charge in [0.2, 0.25) is 0 Å². The third kappa shape index (κ3) is 4.11. The van der Waals surface area contributed by atoms with Gasteiger partial charge in [0.1, 0.15) is 0 Å². The zero-order chi connectivity index (χ0) is 12.8. The van der Waals surface area contributed by atoms with Crippen LogP contribution in [0.5, 0.6) is 0 Å². The van der Waals surface area contributed by atoms with Crippen LogP contribution >= 0.6 is 0 Å².